The van der Waals surface area contributed by atoms with Gasteiger partial charge in [0.05, 0.1) is 28.5 Å². The van der Waals surface area contributed by atoms with Gasteiger partial charge in [-0.05, 0) is 44.5 Å². The first-order valence-electron chi connectivity index (χ1n) is 12.3. The quantitative estimate of drug-likeness (QED) is 0.349. The van der Waals surface area contributed by atoms with Crippen LogP contribution in [-0.4, -0.2) is 78.2 Å². The van der Waals surface area contributed by atoms with Crippen LogP contribution < -0.4 is 21.7 Å². The molecule has 0 unspecified atom stereocenters. The number of hydrogen-bond donors (Lipinski definition) is 3. The second-order valence-electron chi connectivity index (χ2n) is 10.0. The summed E-state index contributed by atoms with van der Waals surface area (Å²) in [6.07, 6.45) is 1.83. The number of halogens is 2. The summed E-state index contributed by atoms with van der Waals surface area (Å²) < 4.78 is 0. The minimum Gasteiger partial charge on any atom is -0.397 e. The predicted octanol–water partition coefficient (Wildman–Crippen LogP) is 1.66. The van der Waals surface area contributed by atoms with Crippen LogP contribution in [-0.2, 0) is 27.3 Å². The molecule has 0 bridgehead atoms. The van der Waals surface area contributed by atoms with E-state index in [0.717, 1.165) is 30.1 Å². The SMILES string of the molecule is CN1CCc2nc(C(=O)N[C@@H]3C[C@@H](C(=O)N(C)C)CC[C@@H]3N(C(=O)C(N)=O)c3ccc(Cl)c(N)c3)sc2C1.Cl. The van der Waals surface area contributed by atoms with Gasteiger partial charge in [0.15, 0.2) is 5.01 Å². The van der Waals surface area contributed by atoms with Gasteiger partial charge in [0, 0.05) is 50.1 Å². The van der Waals surface area contributed by atoms with Crippen LogP contribution in [0.2, 0.25) is 5.02 Å². The third kappa shape index (κ3) is 6.63. The molecule has 0 saturated heterocycles. The minimum atomic E-state index is -1.15. The van der Waals surface area contributed by atoms with Crippen LogP contribution in [0.1, 0.15) is 39.6 Å². The number of nitrogens with two attached hydrogens (primary N) is 2. The number of nitrogen functional groups attached to an aromatic ring is 1. The number of rotatable bonds is 5. The van der Waals surface area contributed by atoms with Crippen LogP contribution in [0.15, 0.2) is 18.2 Å². The van der Waals surface area contributed by atoms with Crippen LogP contribution in [0.4, 0.5) is 11.4 Å². The molecule has 3 atom stereocenters. The zero-order chi connectivity index (χ0) is 27.7. The number of anilines is 2. The van der Waals surface area contributed by atoms with Gasteiger partial charge in [-0.2, -0.15) is 0 Å². The number of benzene rings is 1. The molecule has 0 radical (unpaired) electrons. The molecule has 14 heteroatoms. The van der Waals surface area contributed by atoms with Gasteiger partial charge in [0.25, 0.3) is 5.91 Å². The third-order valence-corrected chi connectivity index (χ3v) is 8.48. The Morgan fingerprint density at radius 3 is 2.56 bits per heavy atom. The maximum atomic E-state index is 13.4. The summed E-state index contributed by atoms with van der Waals surface area (Å²) in [7, 11) is 5.38. The van der Waals surface area contributed by atoms with Crippen molar-refractivity contribution in [3.63, 3.8) is 0 Å². The number of carbonyl (C=O) groups is 4. The topological polar surface area (TPSA) is 155 Å². The van der Waals surface area contributed by atoms with E-state index in [9.17, 15) is 19.2 Å². The van der Waals surface area contributed by atoms with Gasteiger partial charge in [0.1, 0.15) is 0 Å². The molecule has 1 saturated carbocycles. The number of primary amides is 1. The lowest BCUT2D eigenvalue weighted by atomic mass is 9.80. The summed E-state index contributed by atoms with van der Waals surface area (Å²) in [5.41, 5.74) is 12.9. The fourth-order valence-electron chi connectivity index (χ4n) is 5.12. The van der Waals surface area contributed by atoms with Gasteiger partial charge in [-0.1, -0.05) is 11.6 Å². The zero-order valence-electron chi connectivity index (χ0n) is 22.0. The zero-order valence-corrected chi connectivity index (χ0v) is 24.4. The molecular formula is C25H33Cl2N7O4S. The van der Waals surface area contributed by atoms with E-state index in [1.165, 1.54) is 33.3 Å². The molecule has 1 aromatic carbocycles. The van der Waals surface area contributed by atoms with Crippen molar-refractivity contribution in [2.75, 3.05) is 38.3 Å². The van der Waals surface area contributed by atoms with Crippen molar-refractivity contribution in [2.45, 2.75) is 44.3 Å². The van der Waals surface area contributed by atoms with Crippen molar-refractivity contribution in [2.24, 2.45) is 11.7 Å². The second-order valence-corrected chi connectivity index (χ2v) is 11.5. The Labute approximate surface area is 242 Å². The number of thiazole rings is 1. The largest absolute Gasteiger partial charge is 0.397 e. The van der Waals surface area contributed by atoms with Crippen molar-refractivity contribution in [3.05, 3.63) is 38.8 Å². The Balaban J connectivity index is 0.00000420. The first kappa shape index (κ1) is 30.6. The first-order chi connectivity index (χ1) is 18.0. The maximum Gasteiger partial charge on any atom is 0.316 e. The van der Waals surface area contributed by atoms with Crippen molar-refractivity contribution >= 4 is 70.3 Å². The van der Waals surface area contributed by atoms with Crippen LogP contribution in [0.5, 0.6) is 0 Å². The average molecular weight is 599 g/mol. The number of likely N-dealkylation sites (N-methyl/N-ethyl adjacent to an activating group) is 1. The van der Waals surface area contributed by atoms with Gasteiger partial charge in [-0.25, -0.2) is 4.98 Å². The van der Waals surface area contributed by atoms with E-state index in [1.54, 1.807) is 20.2 Å². The molecule has 4 amide bonds. The van der Waals surface area contributed by atoms with Crippen molar-refractivity contribution in [3.8, 4) is 0 Å². The molecule has 39 heavy (non-hydrogen) atoms. The Hall–Kier alpha value is -2.93. The number of nitrogens with one attached hydrogen (secondary N) is 1. The molecule has 5 N–H and O–H groups in total. The van der Waals surface area contributed by atoms with Gasteiger partial charge in [-0.15, -0.1) is 23.7 Å². The van der Waals surface area contributed by atoms with E-state index in [4.69, 9.17) is 23.1 Å². The predicted molar refractivity (Wildman–Crippen MR) is 153 cm³/mol. The fraction of sp³-hybridized carbons (Fsp3) is 0.480. The molecule has 4 rings (SSSR count). The highest BCUT2D eigenvalue weighted by atomic mass is 35.5. The van der Waals surface area contributed by atoms with Gasteiger partial charge >= 0.3 is 11.8 Å². The minimum absolute atomic E-state index is 0. The monoisotopic (exact) mass is 597 g/mol. The van der Waals surface area contributed by atoms with Gasteiger partial charge in [-0.3, -0.25) is 24.1 Å². The summed E-state index contributed by atoms with van der Waals surface area (Å²) in [5.74, 6) is -2.92. The Kier molecular flexibility index (Phi) is 9.81. The number of amides is 4. The molecular weight excluding hydrogens is 565 g/mol. The van der Waals surface area contributed by atoms with Crippen LogP contribution >= 0.6 is 35.3 Å². The molecule has 1 fully saturated rings. The van der Waals surface area contributed by atoms with Gasteiger partial charge < -0.3 is 26.6 Å². The molecule has 0 spiro atoms. The average Bonchev–Trinajstić information content (AvgIpc) is 3.29. The summed E-state index contributed by atoms with van der Waals surface area (Å²) in [6, 6.07) is 3.27. The van der Waals surface area contributed by atoms with E-state index < -0.39 is 23.9 Å². The van der Waals surface area contributed by atoms with E-state index in [0.29, 0.717) is 28.6 Å². The number of fused-ring (bicyclic) bond motifs is 1. The van der Waals surface area contributed by atoms with Crippen LogP contribution in [0.25, 0.3) is 0 Å². The van der Waals surface area contributed by atoms with Gasteiger partial charge in [0.2, 0.25) is 5.91 Å². The first-order valence-corrected chi connectivity index (χ1v) is 13.5. The summed E-state index contributed by atoms with van der Waals surface area (Å²) >= 11 is 7.43. The molecule has 2 aromatic rings. The number of hydrogen-bond acceptors (Lipinski definition) is 8. The van der Waals surface area contributed by atoms with Crippen molar-refractivity contribution < 1.29 is 19.2 Å². The number of carbonyl (C=O) groups excluding carboxylic acids is 4. The highest BCUT2D eigenvalue weighted by molar-refractivity contribution is 7.13. The van der Waals surface area contributed by atoms with E-state index in [1.807, 2.05) is 7.05 Å². The van der Waals surface area contributed by atoms with E-state index in [-0.39, 0.29) is 42.2 Å². The number of aromatic nitrogens is 1. The molecule has 212 valence electrons. The standard InChI is InChI=1S/C25H32ClN7O4S.ClH/c1-31(2)24(36)13-4-7-19(33(25(37)21(28)34)14-5-6-15(26)16(27)11-14)18(10-13)29-22(35)23-30-17-8-9-32(3)12-20(17)38-23;/h5-6,11,13,18-19H,4,7-10,12,27H2,1-3H3,(H2,28,34)(H,29,35);1H/t13-,18+,19-;/m0./s1. The van der Waals surface area contributed by atoms with Crippen molar-refractivity contribution in [1.82, 2.24) is 20.1 Å². The highest BCUT2D eigenvalue weighted by Gasteiger charge is 2.42. The van der Waals surface area contributed by atoms with Crippen LogP contribution in [0.3, 0.4) is 0 Å². The van der Waals surface area contributed by atoms with Crippen LogP contribution in [0, 0.1) is 5.92 Å². The summed E-state index contributed by atoms with van der Waals surface area (Å²) in [4.78, 5) is 62.0. The Morgan fingerprint density at radius 1 is 1.21 bits per heavy atom. The molecule has 1 aliphatic heterocycles. The maximum absolute atomic E-state index is 13.4. The highest BCUT2D eigenvalue weighted by Crippen LogP contribution is 2.34. The molecule has 2 aliphatic rings. The fourth-order valence-corrected chi connectivity index (χ4v) is 6.33. The summed E-state index contributed by atoms with van der Waals surface area (Å²) in [5, 5.41) is 3.64. The normalized spacial score (nSPS) is 20.8. The Bertz CT molecular complexity index is 1270. The molecule has 1 aromatic heterocycles. The third-order valence-electron chi connectivity index (χ3n) is 7.06. The molecule has 2 heterocycles. The second kappa shape index (κ2) is 12.5. The summed E-state index contributed by atoms with van der Waals surface area (Å²) in [6.45, 7) is 1.59. The molecule has 1 aliphatic carbocycles. The lowest BCUT2D eigenvalue weighted by Crippen LogP contribution is -2.59. The van der Waals surface area contributed by atoms with E-state index in [2.05, 4.69) is 15.2 Å². The lowest BCUT2D eigenvalue weighted by molar-refractivity contribution is -0.136. The number of nitrogens with zero attached hydrogens (tertiary/aromatic N) is 4. The Morgan fingerprint density at radius 2 is 1.92 bits per heavy atom. The van der Waals surface area contributed by atoms with E-state index >= 15 is 0 Å². The molecule has 11 nitrogen and oxygen atoms in total. The smallest absolute Gasteiger partial charge is 0.316 e. The van der Waals surface area contributed by atoms with Crippen molar-refractivity contribution in [1.29, 1.82) is 0 Å². The lowest BCUT2D eigenvalue weighted by Gasteiger charge is -2.42.